The molecule has 2 nitrogen and oxygen atoms in total. The maximum absolute atomic E-state index is 14.8. The summed E-state index contributed by atoms with van der Waals surface area (Å²) in [4.78, 5) is 13.6. The maximum atomic E-state index is 14.8. The highest BCUT2D eigenvalue weighted by Gasteiger charge is 2.67. The Balaban J connectivity index is 1.99. The Hall–Kier alpha value is -2.64. The fourth-order valence-corrected chi connectivity index (χ4v) is 5.43. The second kappa shape index (κ2) is 7.56. The number of aliphatic hydroxyl groups is 1. The summed E-state index contributed by atoms with van der Waals surface area (Å²) in [5.41, 5.74) is 0.0419. The molecule has 154 valence electrons. The van der Waals surface area contributed by atoms with Gasteiger partial charge in [-0.1, -0.05) is 48.5 Å². The molecule has 30 heavy (non-hydrogen) atoms. The standard InChI is InChI=1S/C23H16F4O2S/c24-16-12-10-14(11-13-16)20(28)19-21(29)17-8-4-5-9-18(17)30-22(19,23(25,26)27)15-6-2-1-3-7-15/h1-13,19,21,29H/t19-,21+,22-/m1/s1. The molecule has 1 N–H and O–H groups in total. The topological polar surface area (TPSA) is 37.3 Å². The minimum atomic E-state index is -4.87. The third-order valence-electron chi connectivity index (χ3n) is 5.30. The van der Waals surface area contributed by atoms with Crippen molar-refractivity contribution in [1.29, 1.82) is 0 Å². The highest BCUT2D eigenvalue weighted by molar-refractivity contribution is 8.00. The molecule has 0 fully saturated rings. The molecule has 0 radical (unpaired) electrons. The van der Waals surface area contributed by atoms with E-state index in [4.69, 9.17) is 0 Å². The number of carbonyl (C=O) groups is 1. The summed E-state index contributed by atoms with van der Waals surface area (Å²) in [6.45, 7) is 0. The molecule has 0 spiro atoms. The van der Waals surface area contributed by atoms with Crippen LogP contribution < -0.4 is 0 Å². The predicted molar refractivity (Wildman–Crippen MR) is 106 cm³/mol. The van der Waals surface area contributed by atoms with E-state index in [-0.39, 0.29) is 21.6 Å². The summed E-state index contributed by atoms with van der Waals surface area (Å²) in [6.07, 6.45) is -6.56. The number of rotatable bonds is 3. The lowest BCUT2D eigenvalue weighted by atomic mass is 9.74. The van der Waals surface area contributed by atoms with Crippen molar-refractivity contribution < 1.29 is 27.5 Å². The van der Waals surface area contributed by atoms with Crippen molar-refractivity contribution in [2.75, 3.05) is 0 Å². The Morgan fingerprint density at radius 2 is 1.50 bits per heavy atom. The monoisotopic (exact) mass is 432 g/mol. The fourth-order valence-electron chi connectivity index (χ4n) is 3.90. The third kappa shape index (κ3) is 3.22. The van der Waals surface area contributed by atoms with E-state index in [1.54, 1.807) is 18.2 Å². The summed E-state index contributed by atoms with van der Waals surface area (Å²) >= 11 is 0.523. The zero-order chi connectivity index (χ0) is 21.5. The van der Waals surface area contributed by atoms with Crippen LogP contribution in [0.5, 0.6) is 0 Å². The molecule has 4 rings (SSSR count). The largest absolute Gasteiger partial charge is 0.408 e. The molecule has 3 atom stereocenters. The van der Waals surface area contributed by atoms with E-state index in [1.165, 1.54) is 36.4 Å². The molecule has 0 saturated heterocycles. The van der Waals surface area contributed by atoms with E-state index >= 15 is 0 Å². The summed E-state index contributed by atoms with van der Waals surface area (Å²) < 4.78 is 55.0. The lowest BCUT2D eigenvalue weighted by Crippen LogP contribution is -2.53. The van der Waals surface area contributed by atoms with Gasteiger partial charge in [0.1, 0.15) is 5.82 Å². The van der Waals surface area contributed by atoms with Gasteiger partial charge in [0, 0.05) is 10.5 Å². The molecule has 0 unspecified atom stereocenters. The van der Waals surface area contributed by atoms with E-state index in [0.717, 1.165) is 24.3 Å². The van der Waals surface area contributed by atoms with Crippen molar-refractivity contribution in [2.24, 2.45) is 5.92 Å². The Bertz CT molecular complexity index is 1070. The second-order valence-electron chi connectivity index (χ2n) is 7.03. The number of halogens is 4. The van der Waals surface area contributed by atoms with E-state index in [9.17, 15) is 27.5 Å². The molecule has 7 heteroatoms. The Morgan fingerprint density at radius 3 is 2.13 bits per heavy atom. The molecule has 1 heterocycles. The van der Waals surface area contributed by atoms with Crippen molar-refractivity contribution in [2.45, 2.75) is 21.9 Å². The number of benzene rings is 3. The fraction of sp³-hybridized carbons (Fsp3) is 0.174. The van der Waals surface area contributed by atoms with E-state index in [0.29, 0.717) is 11.8 Å². The molecule has 0 aromatic heterocycles. The van der Waals surface area contributed by atoms with Crippen LogP contribution in [0.3, 0.4) is 0 Å². The molecule has 1 aliphatic rings. The first-order valence-electron chi connectivity index (χ1n) is 9.14. The number of fused-ring (bicyclic) bond motifs is 1. The minimum Gasteiger partial charge on any atom is -0.388 e. The number of thioether (sulfide) groups is 1. The van der Waals surface area contributed by atoms with Crippen molar-refractivity contribution >= 4 is 17.5 Å². The molecule has 1 aliphatic heterocycles. The first-order valence-corrected chi connectivity index (χ1v) is 9.95. The Kier molecular flexibility index (Phi) is 5.20. The summed E-state index contributed by atoms with van der Waals surface area (Å²) in [5, 5.41) is 11.1. The quantitative estimate of drug-likeness (QED) is 0.412. The average Bonchev–Trinajstić information content (AvgIpc) is 2.73. The number of hydrogen-bond donors (Lipinski definition) is 1. The molecule has 0 amide bonds. The lowest BCUT2D eigenvalue weighted by molar-refractivity contribution is -0.180. The van der Waals surface area contributed by atoms with Crippen LogP contribution in [0, 0.1) is 11.7 Å². The van der Waals surface area contributed by atoms with Crippen molar-refractivity contribution in [3.8, 4) is 0 Å². The summed E-state index contributed by atoms with van der Waals surface area (Å²) in [5.74, 6) is -3.36. The van der Waals surface area contributed by atoms with E-state index in [1.807, 2.05) is 0 Å². The highest BCUT2D eigenvalue weighted by Crippen LogP contribution is 2.64. The number of ketones is 1. The molecular formula is C23H16F4O2S. The van der Waals surface area contributed by atoms with Crippen LogP contribution in [-0.2, 0) is 4.75 Å². The van der Waals surface area contributed by atoms with Crippen LogP contribution in [0.25, 0.3) is 0 Å². The first kappa shape index (κ1) is 20.6. The van der Waals surface area contributed by atoms with Crippen LogP contribution in [-0.4, -0.2) is 17.1 Å². The SMILES string of the molecule is O=C(c1ccc(F)cc1)[C@@H]1[C@@H](O)c2ccccc2S[C@@]1(c1ccccc1)C(F)(F)F. The van der Waals surface area contributed by atoms with Crippen LogP contribution in [0.2, 0.25) is 0 Å². The van der Waals surface area contributed by atoms with Gasteiger partial charge in [0.2, 0.25) is 0 Å². The second-order valence-corrected chi connectivity index (χ2v) is 8.32. The van der Waals surface area contributed by atoms with Gasteiger partial charge in [-0.25, -0.2) is 4.39 Å². The van der Waals surface area contributed by atoms with Gasteiger partial charge in [-0.2, -0.15) is 13.2 Å². The van der Waals surface area contributed by atoms with Crippen LogP contribution in [0.15, 0.2) is 83.8 Å². The lowest BCUT2D eigenvalue weighted by Gasteiger charge is -2.46. The minimum absolute atomic E-state index is 0.0926. The van der Waals surface area contributed by atoms with Crippen molar-refractivity contribution in [1.82, 2.24) is 0 Å². The van der Waals surface area contributed by atoms with Gasteiger partial charge in [0.05, 0.1) is 12.0 Å². The van der Waals surface area contributed by atoms with E-state index in [2.05, 4.69) is 0 Å². The van der Waals surface area contributed by atoms with Gasteiger partial charge >= 0.3 is 6.18 Å². The van der Waals surface area contributed by atoms with Gasteiger partial charge in [-0.05, 0) is 41.5 Å². The number of carbonyl (C=O) groups excluding carboxylic acids is 1. The van der Waals surface area contributed by atoms with Gasteiger partial charge in [0.25, 0.3) is 0 Å². The Morgan fingerprint density at radius 1 is 0.900 bits per heavy atom. The molecule has 3 aromatic carbocycles. The number of alkyl halides is 3. The van der Waals surface area contributed by atoms with Crippen LogP contribution >= 0.6 is 11.8 Å². The first-order chi connectivity index (χ1) is 14.3. The normalized spacial score (nSPS) is 23.6. The smallest absolute Gasteiger partial charge is 0.388 e. The number of aliphatic hydroxyl groups excluding tert-OH is 1. The third-order valence-corrected chi connectivity index (χ3v) is 6.93. The van der Waals surface area contributed by atoms with Crippen molar-refractivity contribution in [3.63, 3.8) is 0 Å². The van der Waals surface area contributed by atoms with Crippen LogP contribution in [0.4, 0.5) is 17.6 Å². The number of hydrogen-bond acceptors (Lipinski definition) is 3. The van der Waals surface area contributed by atoms with Gasteiger partial charge in [-0.3, -0.25) is 4.79 Å². The molecule has 0 bridgehead atoms. The molecular weight excluding hydrogens is 416 g/mol. The average molecular weight is 432 g/mol. The molecule has 0 saturated carbocycles. The zero-order valence-electron chi connectivity index (χ0n) is 15.4. The van der Waals surface area contributed by atoms with Crippen LogP contribution in [0.1, 0.15) is 27.6 Å². The zero-order valence-corrected chi connectivity index (χ0v) is 16.3. The summed E-state index contributed by atoms with van der Waals surface area (Å²) in [6, 6.07) is 17.7. The molecule has 3 aromatic rings. The predicted octanol–water partition coefficient (Wildman–Crippen LogP) is 5.92. The maximum Gasteiger partial charge on any atom is 0.408 e. The van der Waals surface area contributed by atoms with Gasteiger partial charge in [-0.15, -0.1) is 11.8 Å². The van der Waals surface area contributed by atoms with E-state index < -0.39 is 34.5 Å². The van der Waals surface area contributed by atoms with Gasteiger partial charge in [0.15, 0.2) is 10.5 Å². The summed E-state index contributed by atoms with van der Waals surface area (Å²) in [7, 11) is 0. The molecule has 0 aliphatic carbocycles. The van der Waals surface area contributed by atoms with Gasteiger partial charge < -0.3 is 5.11 Å². The Labute approximate surface area is 174 Å². The van der Waals surface area contributed by atoms with Crippen molar-refractivity contribution in [3.05, 3.63) is 101 Å². The highest BCUT2D eigenvalue weighted by atomic mass is 32.2. The number of Topliss-reactive ketones (excluding diaryl/α,β-unsaturated/α-hetero) is 1.